The van der Waals surface area contributed by atoms with E-state index >= 15 is 0 Å². The molecule has 1 aliphatic carbocycles. The van der Waals surface area contributed by atoms with Crippen molar-refractivity contribution < 1.29 is 4.79 Å². The van der Waals surface area contributed by atoms with Crippen LogP contribution in [0.15, 0.2) is 24.3 Å². The third kappa shape index (κ3) is 3.69. The summed E-state index contributed by atoms with van der Waals surface area (Å²) in [5, 5.41) is 0. The van der Waals surface area contributed by atoms with E-state index in [1.807, 2.05) is 18.2 Å². The molecule has 0 aromatic heterocycles. The second-order valence-corrected chi connectivity index (χ2v) is 5.53. The van der Waals surface area contributed by atoms with Gasteiger partial charge in [-0.1, -0.05) is 50.8 Å². The molecule has 1 aromatic rings. The molecule has 92 valence electrons. The van der Waals surface area contributed by atoms with Crippen LogP contribution in [-0.2, 0) is 6.42 Å². The number of aldehydes is 1. The van der Waals surface area contributed by atoms with Gasteiger partial charge in [0.15, 0.2) is 0 Å². The molecule has 1 fully saturated rings. The molecule has 0 unspecified atom stereocenters. The van der Waals surface area contributed by atoms with Crippen LogP contribution in [0.2, 0.25) is 0 Å². The van der Waals surface area contributed by atoms with E-state index in [2.05, 4.69) is 13.0 Å². The molecule has 0 aliphatic heterocycles. The van der Waals surface area contributed by atoms with E-state index in [9.17, 15) is 4.79 Å². The normalized spacial score (nSPS) is 24.5. The van der Waals surface area contributed by atoms with Gasteiger partial charge in [-0.3, -0.25) is 4.79 Å². The van der Waals surface area contributed by atoms with Crippen molar-refractivity contribution in [3.63, 3.8) is 0 Å². The second kappa shape index (κ2) is 6.00. The number of rotatable bonds is 4. The molecule has 0 radical (unpaired) electrons. The van der Waals surface area contributed by atoms with E-state index in [0.29, 0.717) is 0 Å². The van der Waals surface area contributed by atoms with Crippen LogP contribution in [0, 0.1) is 11.8 Å². The third-order valence-electron chi connectivity index (χ3n) is 4.06. The van der Waals surface area contributed by atoms with Gasteiger partial charge in [0.05, 0.1) is 0 Å². The largest absolute Gasteiger partial charge is 0.298 e. The van der Waals surface area contributed by atoms with Crippen molar-refractivity contribution in [3.05, 3.63) is 35.4 Å². The predicted octanol–water partition coefficient (Wildman–Crippen LogP) is 4.26. The Labute approximate surface area is 104 Å². The number of benzene rings is 1. The molecule has 0 atom stereocenters. The van der Waals surface area contributed by atoms with Crippen LogP contribution in [0.1, 0.15) is 54.9 Å². The lowest BCUT2D eigenvalue weighted by atomic mass is 9.80. The van der Waals surface area contributed by atoms with Gasteiger partial charge in [-0.2, -0.15) is 0 Å². The molecule has 0 spiro atoms. The molecular formula is C16H22O. The molecule has 1 nitrogen and oxygen atoms in total. The highest BCUT2D eigenvalue weighted by molar-refractivity contribution is 5.74. The minimum absolute atomic E-state index is 0.805. The topological polar surface area (TPSA) is 17.1 Å². The lowest BCUT2D eigenvalue weighted by Crippen LogP contribution is -2.12. The summed E-state index contributed by atoms with van der Waals surface area (Å²) in [6.45, 7) is 2.36. The average Bonchev–Trinajstić information content (AvgIpc) is 2.38. The Morgan fingerprint density at radius 1 is 1.24 bits per heavy atom. The Kier molecular flexibility index (Phi) is 4.36. The van der Waals surface area contributed by atoms with Crippen LogP contribution in [0.3, 0.4) is 0 Å². The van der Waals surface area contributed by atoms with Gasteiger partial charge in [-0.05, 0) is 36.3 Å². The van der Waals surface area contributed by atoms with Gasteiger partial charge in [0.2, 0.25) is 0 Å². The molecule has 2 rings (SSSR count). The summed E-state index contributed by atoms with van der Waals surface area (Å²) in [6, 6.07) is 8.03. The van der Waals surface area contributed by atoms with Crippen molar-refractivity contribution in [2.24, 2.45) is 11.8 Å². The van der Waals surface area contributed by atoms with Crippen molar-refractivity contribution in [1.29, 1.82) is 0 Å². The standard InChI is InChI=1S/C16H22O/c1-13-5-7-14(8-6-13)9-10-15-3-2-4-16(11-15)12-17/h2-4,11-14H,5-10H2,1H3. The number of hydrogen-bond acceptors (Lipinski definition) is 1. The minimum Gasteiger partial charge on any atom is -0.298 e. The van der Waals surface area contributed by atoms with Crippen molar-refractivity contribution in [1.82, 2.24) is 0 Å². The first kappa shape index (κ1) is 12.3. The zero-order valence-corrected chi connectivity index (χ0v) is 10.7. The van der Waals surface area contributed by atoms with Crippen LogP contribution in [0.4, 0.5) is 0 Å². The summed E-state index contributed by atoms with van der Waals surface area (Å²) in [5.41, 5.74) is 2.12. The van der Waals surface area contributed by atoms with E-state index in [4.69, 9.17) is 0 Å². The lowest BCUT2D eigenvalue weighted by Gasteiger charge is -2.26. The molecule has 0 N–H and O–H groups in total. The molecule has 1 heteroatoms. The van der Waals surface area contributed by atoms with Crippen molar-refractivity contribution in [2.45, 2.75) is 45.4 Å². The maximum Gasteiger partial charge on any atom is 0.150 e. The SMILES string of the molecule is CC1CCC(CCc2cccc(C=O)c2)CC1. The van der Waals surface area contributed by atoms with Gasteiger partial charge >= 0.3 is 0 Å². The molecule has 1 saturated carbocycles. The van der Waals surface area contributed by atoms with Gasteiger partial charge in [0, 0.05) is 5.56 Å². The van der Waals surface area contributed by atoms with E-state index in [-0.39, 0.29) is 0 Å². The monoisotopic (exact) mass is 230 g/mol. The summed E-state index contributed by atoms with van der Waals surface area (Å²) in [7, 11) is 0. The van der Waals surface area contributed by atoms with Crippen molar-refractivity contribution >= 4 is 6.29 Å². The fourth-order valence-electron chi connectivity index (χ4n) is 2.81. The van der Waals surface area contributed by atoms with E-state index < -0.39 is 0 Å². The molecule has 17 heavy (non-hydrogen) atoms. The summed E-state index contributed by atoms with van der Waals surface area (Å²) < 4.78 is 0. The quantitative estimate of drug-likeness (QED) is 0.706. The molecule has 1 aliphatic rings. The van der Waals surface area contributed by atoms with Crippen molar-refractivity contribution in [3.8, 4) is 0 Å². The molecular weight excluding hydrogens is 208 g/mol. The number of carbonyl (C=O) groups excluding carboxylic acids is 1. The van der Waals surface area contributed by atoms with E-state index in [1.54, 1.807) is 0 Å². The van der Waals surface area contributed by atoms with Gasteiger partial charge in [0.1, 0.15) is 6.29 Å². The lowest BCUT2D eigenvalue weighted by molar-refractivity contribution is 0.112. The van der Waals surface area contributed by atoms with Gasteiger partial charge in [-0.25, -0.2) is 0 Å². The highest BCUT2D eigenvalue weighted by atomic mass is 16.1. The molecule has 1 aromatic carbocycles. The zero-order valence-electron chi connectivity index (χ0n) is 10.7. The molecule has 0 saturated heterocycles. The Morgan fingerprint density at radius 2 is 2.00 bits per heavy atom. The first-order chi connectivity index (χ1) is 8.28. The summed E-state index contributed by atoms with van der Waals surface area (Å²) in [5.74, 6) is 1.84. The summed E-state index contributed by atoms with van der Waals surface area (Å²) in [4.78, 5) is 10.7. The number of carbonyl (C=O) groups is 1. The minimum atomic E-state index is 0.805. The Hall–Kier alpha value is -1.11. The van der Waals surface area contributed by atoms with Gasteiger partial charge < -0.3 is 0 Å². The van der Waals surface area contributed by atoms with Crippen LogP contribution in [0.25, 0.3) is 0 Å². The maximum absolute atomic E-state index is 10.7. The fraction of sp³-hybridized carbons (Fsp3) is 0.562. The third-order valence-corrected chi connectivity index (χ3v) is 4.06. The first-order valence-electron chi connectivity index (χ1n) is 6.82. The van der Waals surface area contributed by atoms with Crippen molar-refractivity contribution in [2.75, 3.05) is 0 Å². The smallest absolute Gasteiger partial charge is 0.150 e. The summed E-state index contributed by atoms with van der Waals surface area (Å²) in [6.07, 6.45) is 8.95. The van der Waals surface area contributed by atoms with Gasteiger partial charge in [-0.15, -0.1) is 0 Å². The Balaban J connectivity index is 1.83. The zero-order chi connectivity index (χ0) is 12.1. The Morgan fingerprint density at radius 3 is 2.71 bits per heavy atom. The van der Waals surface area contributed by atoms with Crippen LogP contribution >= 0.6 is 0 Å². The van der Waals surface area contributed by atoms with Crippen LogP contribution in [-0.4, -0.2) is 6.29 Å². The highest BCUT2D eigenvalue weighted by Gasteiger charge is 2.17. The first-order valence-corrected chi connectivity index (χ1v) is 6.82. The summed E-state index contributed by atoms with van der Waals surface area (Å²) >= 11 is 0. The van der Waals surface area contributed by atoms with E-state index in [0.717, 1.165) is 30.1 Å². The number of aryl methyl sites for hydroxylation is 1. The molecule has 0 bridgehead atoms. The Bertz CT molecular complexity index is 362. The molecule has 0 heterocycles. The van der Waals surface area contributed by atoms with E-state index in [1.165, 1.54) is 37.7 Å². The number of hydrogen-bond donors (Lipinski definition) is 0. The highest BCUT2D eigenvalue weighted by Crippen LogP contribution is 2.31. The van der Waals surface area contributed by atoms with Crippen LogP contribution in [0.5, 0.6) is 0 Å². The van der Waals surface area contributed by atoms with Gasteiger partial charge in [0.25, 0.3) is 0 Å². The predicted molar refractivity (Wildman–Crippen MR) is 71.3 cm³/mol. The average molecular weight is 230 g/mol. The van der Waals surface area contributed by atoms with Crippen LogP contribution < -0.4 is 0 Å². The second-order valence-electron chi connectivity index (χ2n) is 5.53. The fourth-order valence-corrected chi connectivity index (χ4v) is 2.81. The maximum atomic E-state index is 10.7. The molecule has 0 amide bonds.